The smallest absolute Gasteiger partial charge is 0.0483 e. The third-order valence-electron chi connectivity index (χ3n) is 3.07. The molecule has 2 N–H and O–H groups in total. The van der Waals surface area contributed by atoms with Crippen molar-refractivity contribution in [2.45, 2.75) is 13.0 Å². The number of fused-ring (bicyclic) bond motifs is 1. The van der Waals surface area contributed by atoms with Crippen molar-refractivity contribution in [3.05, 3.63) is 36.0 Å². The van der Waals surface area contributed by atoms with E-state index in [1.807, 2.05) is 0 Å². The Hall–Kier alpha value is -1.32. The van der Waals surface area contributed by atoms with Crippen molar-refractivity contribution in [3.8, 4) is 0 Å². The maximum absolute atomic E-state index is 5.67. The van der Waals surface area contributed by atoms with E-state index in [0.717, 1.165) is 19.5 Å². The number of aromatic nitrogens is 1. The van der Waals surface area contributed by atoms with Crippen LogP contribution in [0.25, 0.3) is 10.9 Å². The SMILES string of the molecule is CN(C)CCn1cc(CCN)c2ccccc21. The number of likely N-dealkylation sites (N-methyl/N-ethyl adjacent to an activating group) is 1. The minimum atomic E-state index is 0.710. The largest absolute Gasteiger partial charge is 0.346 e. The van der Waals surface area contributed by atoms with E-state index < -0.39 is 0 Å². The topological polar surface area (TPSA) is 34.2 Å². The molecule has 0 unspecified atom stereocenters. The Labute approximate surface area is 103 Å². The maximum Gasteiger partial charge on any atom is 0.0483 e. The lowest BCUT2D eigenvalue weighted by Gasteiger charge is -2.10. The second-order valence-corrected chi connectivity index (χ2v) is 4.71. The first kappa shape index (κ1) is 12.1. The van der Waals surface area contributed by atoms with Gasteiger partial charge >= 0.3 is 0 Å². The Bertz CT molecular complexity index is 485. The van der Waals surface area contributed by atoms with Gasteiger partial charge in [-0.25, -0.2) is 0 Å². The van der Waals surface area contributed by atoms with E-state index in [9.17, 15) is 0 Å². The van der Waals surface area contributed by atoms with Crippen molar-refractivity contribution >= 4 is 10.9 Å². The fraction of sp³-hybridized carbons (Fsp3) is 0.429. The molecule has 3 heteroatoms. The summed E-state index contributed by atoms with van der Waals surface area (Å²) in [4.78, 5) is 2.21. The van der Waals surface area contributed by atoms with Gasteiger partial charge in [0, 0.05) is 30.2 Å². The zero-order valence-corrected chi connectivity index (χ0v) is 10.7. The Morgan fingerprint density at radius 2 is 2.00 bits per heavy atom. The average Bonchev–Trinajstić information content (AvgIpc) is 2.66. The third-order valence-corrected chi connectivity index (χ3v) is 3.07. The predicted molar refractivity (Wildman–Crippen MR) is 73.3 cm³/mol. The van der Waals surface area contributed by atoms with Crippen molar-refractivity contribution in [2.24, 2.45) is 5.73 Å². The van der Waals surface area contributed by atoms with Crippen LogP contribution in [0.1, 0.15) is 5.56 Å². The molecule has 0 amide bonds. The molecular formula is C14H21N3. The first-order valence-electron chi connectivity index (χ1n) is 6.14. The molecule has 0 fully saturated rings. The Morgan fingerprint density at radius 3 is 2.71 bits per heavy atom. The summed E-state index contributed by atoms with van der Waals surface area (Å²) in [5, 5.41) is 1.34. The van der Waals surface area contributed by atoms with Gasteiger partial charge in [-0.2, -0.15) is 0 Å². The highest BCUT2D eigenvalue weighted by Gasteiger charge is 2.07. The van der Waals surface area contributed by atoms with Gasteiger partial charge in [0.05, 0.1) is 0 Å². The molecular weight excluding hydrogens is 210 g/mol. The molecule has 2 rings (SSSR count). The summed E-state index contributed by atoms with van der Waals surface area (Å²) in [5.74, 6) is 0. The molecule has 1 aromatic heterocycles. The fourth-order valence-corrected chi connectivity index (χ4v) is 2.17. The van der Waals surface area contributed by atoms with Crippen molar-refractivity contribution in [2.75, 3.05) is 27.2 Å². The van der Waals surface area contributed by atoms with Gasteiger partial charge in [-0.1, -0.05) is 18.2 Å². The summed E-state index contributed by atoms with van der Waals surface area (Å²) in [5.41, 5.74) is 8.35. The van der Waals surface area contributed by atoms with Gasteiger partial charge in [-0.05, 0) is 38.7 Å². The lowest BCUT2D eigenvalue weighted by molar-refractivity contribution is 0.387. The molecule has 0 radical (unpaired) electrons. The zero-order chi connectivity index (χ0) is 12.3. The number of nitrogens with two attached hydrogens (primary N) is 1. The predicted octanol–water partition coefficient (Wildman–Crippen LogP) is 1.70. The van der Waals surface area contributed by atoms with Crippen LogP contribution in [0.5, 0.6) is 0 Å². The van der Waals surface area contributed by atoms with Gasteiger partial charge in [0.25, 0.3) is 0 Å². The van der Waals surface area contributed by atoms with Crippen LogP contribution < -0.4 is 5.73 Å². The number of para-hydroxylation sites is 1. The van der Waals surface area contributed by atoms with Crippen LogP contribution in [0.2, 0.25) is 0 Å². The second-order valence-electron chi connectivity index (χ2n) is 4.71. The van der Waals surface area contributed by atoms with E-state index in [4.69, 9.17) is 5.73 Å². The number of benzene rings is 1. The minimum Gasteiger partial charge on any atom is -0.346 e. The van der Waals surface area contributed by atoms with E-state index in [0.29, 0.717) is 6.54 Å². The van der Waals surface area contributed by atoms with Crippen LogP contribution in [0.15, 0.2) is 30.5 Å². The first-order valence-corrected chi connectivity index (χ1v) is 6.14. The van der Waals surface area contributed by atoms with Gasteiger partial charge in [0.2, 0.25) is 0 Å². The molecule has 0 bridgehead atoms. The number of nitrogens with zero attached hydrogens (tertiary/aromatic N) is 2. The molecule has 0 atom stereocenters. The Kier molecular flexibility index (Phi) is 3.82. The summed E-state index contributed by atoms with van der Waals surface area (Å²) in [6.45, 7) is 2.79. The normalized spacial score (nSPS) is 11.5. The number of rotatable bonds is 5. The summed E-state index contributed by atoms with van der Waals surface area (Å²) in [6, 6.07) is 8.57. The van der Waals surface area contributed by atoms with Crippen LogP contribution in [-0.2, 0) is 13.0 Å². The Morgan fingerprint density at radius 1 is 1.24 bits per heavy atom. The van der Waals surface area contributed by atoms with Crippen molar-refractivity contribution in [1.82, 2.24) is 9.47 Å². The van der Waals surface area contributed by atoms with Crippen molar-refractivity contribution < 1.29 is 0 Å². The number of hydrogen-bond acceptors (Lipinski definition) is 2. The molecule has 0 aliphatic rings. The quantitative estimate of drug-likeness (QED) is 0.850. The lowest BCUT2D eigenvalue weighted by Crippen LogP contribution is -2.17. The van der Waals surface area contributed by atoms with Gasteiger partial charge in [0.1, 0.15) is 0 Å². The monoisotopic (exact) mass is 231 g/mol. The second kappa shape index (κ2) is 5.34. The highest BCUT2D eigenvalue weighted by atomic mass is 15.1. The molecule has 1 heterocycles. The third kappa shape index (κ3) is 2.68. The van der Waals surface area contributed by atoms with Crippen LogP contribution in [-0.4, -0.2) is 36.7 Å². The number of hydrogen-bond donors (Lipinski definition) is 1. The van der Waals surface area contributed by atoms with E-state index >= 15 is 0 Å². The molecule has 3 nitrogen and oxygen atoms in total. The Balaban J connectivity index is 2.34. The molecule has 0 aliphatic heterocycles. The minimum absolute atomic E-state index is 0.710. The van der Waals surface area contributed by atoms with Crippen LogP contribution in [0.4, 0.5) is 0 Å². The molecule has 17 heavy (non-hydrogen) atoms. The van der Waals surface area contributed by atoms with Gasteiger partial charge in [-0.3, -0.25) is 0 Å². The van der Waals surface area contributed by atoms with Crippen LogP contribution >= 0.6 is 0 Å². The standard InChI is InChI=1S/C14H21N3/c1-16(2)9-10-17-11-12(7-8-15)13-5-3-4-6-14(13)17/h3-6,11H,7-10,15H2,1-2H3. The van der Waals surface area contributed by atoms with Gasteiger partial charge in [-0.15, -0.1) is 0 Å². The highest BCUT2D eigenvalue weighted by Crippen LogP contribution is 2.21. The van der Waals surface area contributed by atoms with Crippen molar-refractivity contribution in [3.63, 3.8) is 0 Å². The lowest BCUT2D eigenvalue weighted by atomic mass is 10.1. The van der Waals surface area contributed by atoms with E-state index in [1.54, 1.807) is 0 Å². The van der Waals surface area contributed by atoms with Crippen LogP contribution in [0.3, 0.4) is 0 Å². The highest BCUT2D eigenvalue weighted by molar-refractivity contribution is 5.84. The summed E-state index contributed by atoms with van der Waals surface area (Å²) in [7, 11) is 4.21. The van der Waals surface area contributed by atoms with Crippen molar-refractivity contribution in [1.29, 1.82) is 0 Å². The average molecular weight is 231 g/mol. The summed E-state index contributed by atoms with van der Waals surface area (Å²) in [6.07, 6.45) is 3.20. The fourth-order valence-electron chi connectivity index (χ4n) is 2.17. The van der Waals surface area contributed by atoms with E-state index in [1.165, 1.54) is 16.5 Å². The molecule has 1 aromatic carbocycles. The van der Waals surface area contributed by atoms with E-state index in [2.05, 4.69) is 54.0 Å². The maximum atomic E-state index is 5.67. The molecule has 0 aliphatic carbocycles. The molecule has 2 aromatic rings. The van der Waals surface area contributed by atoms with Crippen LogP contribution in [0, 0.1) is 0 Å². The van der Waals surface area contributed by atoms with Gasteiger partial charge in [0.15, 0.2) is 0 Å². The first-order chi connectivity index (χ1) is 8.22. The molecule has 0 saturated carbocycles. The molecule has 0 spiro atoms. The zero-order valence-electron chi connectivity index (χ0n) is 10.7. The molecule has 0 saturated heterocycles. The van der Waals surface area contributed by atoms with E-state index in [-0.39, 0.29) is 0 Å². The van der Waals surface area contributed by atoms with Gasteiger partial charge < -0.3 is 15.2 Å². The summed E-state index contributed by atoms with van der Waals surface area (Å²) >= 11 is 0. The summed E-state index contributed by atoms with van der Waals surface area (Å²) < 4.78 is 2.33. The molecule has 92 valence electrons.